The van der Waals surface area contributed by atoms with Crippen LogP contribution in [0.25, 0.3) is 0 Å². The van der Waals surface area contributed by atoms with E-state index in [0.717, 1.165) is 5.75 Å². The third-order valence-corrected chi connectivity index (χ3v) is 2.95. The van der Waals surface area contributed by atoms with Crippen molar-refractivity contribution in [3.8, 4) is 0 Å². The van der Waals surface area contributed by atoms with Gasteiger partial charge in [0.15, 0.2) is 5.78 Å². The second kappa shape index (κ2) is 7.12. The van der Waals surface area contributed by atoms with Crippen molar-refractivity contribution in [2.75, 3.05) is 18.6 Å². The van der Waals surface area contributed by atoms with E-state index in [0.29, 0.717) is 24.1 Å². The Balaban J connectivity index is 2.67. The molecule has 0 aromatic heterocycles. The van der Waals surface area contributed by atoms with Gasteiger partial charge in [0.1, 0.15) is 0 Å². The minimum absolute atomic E-state index is 0.101. The summed E-state index contributed by atoms with van der Waals surface area (Å²) in [7, 11) is 0. The Morgan fingerprint density at radius 1 is 1.18 bits per heavy atom. The molecule has 0 heterocycles. The quantitative estimate of drug-likeness (QED) is 0.790. The van der Waals surface area contributed by atoms with Gasteiger partial charge in [0.2, 0.25) is 0 Å². The number of carbonyl (C=O) groups is 2. The molecule has 92 valence electrons. The van der Waals surface area contributed by atoms with E-state index in [1.165, 1.54) is 0 Å². The number of thioether (sulfide) groups is 1. The third kappa shape index (κ3) is 4.23. The number of rotatable bonds is 6. The minimum atomic E-state index is -0.101. The van der Waals surface area contributed by atoms with Crippen LogP contribution >= 0.6 is 11.8 Å². The summed E-state index contributed by atoms with van der Waals surface area (Å²) in [5.74, 6) is 0.856. The van der Waals surface area contributed by atoms with Crippen LogP contribution in [0.5, 0.6) is 0 Å². The Labute approximate surface area is 106 Å². The molecule has 1 aromatic rings. The normalized spacial score (nSPS) is 10.0. The van der Waals surface area contributed by atoms with Gasteiger partial charge >= 0.3 is 0 Å². The molecule has 0 aliphatic carbocycles. The first-order valence-corrected chi connectivity index (χ1v) is 6.98. The molecule has 0 unspecified atom stereocenters. The molecule has 0 fully saturated rings. The van der Waals surface area contributed by atoms with Crippen molar-refractivity contribution in [1.82, 2.24) is 5.32 Å². The summed E-state index contributed by atoms with van der Waals surface area (Å²) in [5.41, 5.74) is 1.26. The highest BCUT2D eigenvalue weighted by molar-refractivity contribution is 7.98. The van der Waals surface area contributed by atoms with E-state index in [1.807, 2.05) is 13.2 Å². The molecular weight excluding hydrogens is 234 g/mol. The van der Waals surface area contributed by atoms with Gasteiger partial charge < -0.3 is 5.32 Å². The lowest BCUT2D eigenvalue weighted by molar-refractivity contribution is 0.0952. The topological polar surface area (TPSA) is 46.2 Å². The monoisotopic (exact) mass is 251 g/mol. The van der Waals surface area contributed by atoms with Crippen molar-refractivity contribution in [2.45, 2.75) is 13.3 Å². The molecule has 0 saturated heterocycles. The van der Waals surface area contributed by atoms with E-state index in [-0.39, 0.29) is 11.7 Å². The minimum Gasteiger partial charge on any atom is -0.352 e. The van der Waals surface area contributed by atoms with Gasteiger partial charge in [-0.05, 0) is 25.3 Å². The van der Waals surface area contributed by atoms with Crippen molar-refractivity contribution in [2.24, 2.45) is 0 Å². The smallest absolute Gasteiger partial charge is 0.251 e. The largest absolute Gasteiger partial charge is 0.352 e. The first-order valence-electron chi connectivity index (χ1n) is 5.59. The molecule has 1 amide bonds. The van der Waals surface area contributed by atoms with E-state index in [4.69, 9.17) is 0 Å². The van der Waals surface area contributed by atoms with Crippen LogP contribution < -0.4 is 5.32 Å². The fourth-order valence-corrected chi connectivity index (χ4v) is 1.80. The molecule has 17 heavy (non-hydrogen) atoms. The summed E-state index contributed by atoms with van der Waals surface area (Å²) in [4.78, 5) is 23.2. The molecule has 0 aliphatic rings. The SMILES string of the molecule is CCNC(=O)c1ccc(C(=O)CCSC)cc1. The highest BCUT2D eigenvalue weighted by Crippen LogP contribution is 2.09. The number of carbonyl (C=O) groups excluding carboxylic acids is 2. The van der Waals surface area contributed by atoms with Crippen LogP contribution in [0.15, 0.2) is 24.3 Å². The third-order valence-electron chi connectivity index (χ3n) is 2.34. The zero-order valence-corrected chi connectivity index (χ0v) is 11.0. The fraction of sp³-hybridized carbons (Fsp3) is 0.385. The van der Waals surface area contributed by atoms with Gasteiger partial charge in [-0.2, -0.15) is 11.8 Å². The highest BCUT2D eigenvalue weighted by atomic mass is 32.2. The second-order valence-electron chi connectivity index (χ2n) is 3.60. The van der Waals surface area contributed by atoms with Gasteiger partial charge in [0.25, 0.3) is 5.91 Å². The first-order chi connectivity index (χ1) is 8.19. The van der Waals surface area contributed by atoms with Gasteiger partial charge in [-0.1, -0.05) is 12.1 Å². The Morgan fingerprint density at radius 3 is 2.29 bits per heavy atom. The van der Waals surface area contributed by atoms with E-state index in [1.54, 1.807) is 36.0 Å². The van der Waals surface area contributed by atoms with Gasteiger partial charge in [0, 0.05) is 29.8 Å². The standard InChI is InChI=1S/C13H17NO2S/c1-3-14-13(16)11-6-4-10(5-7-11)12(15)8-9-17-2/h4-7H,3,8-9H2,1-2H3,(H,14,16). The van der Waals surface area contributed by atoms with E-state index >= 15 is 0 Å². The van der Waals surface area contributed by atoms with E-state index < -0.39 is 0 Å². The van der Waals surface area contributed by atoms with Crippen molar-refractivity contribution < 1.29 is 9.59 Å². The maximum Gasteiger partial charge on any atom is 0.251 e. The molecule has 0 bridgehead atoms. The van der Waals surface area contributed by atoms with E-state index in [9.17, 15) is 9.59 Å². The van der Waals surface area contributed by atoms with Gasteiger partial charge in [0.05, 0.1) is 0 Å². The van der Waals surface area contributed by atoms with Crippen LogP contribution in [-0.2, 0) is 0 Å². The summed E-state index contributed by atoms with van der Waals surface area (Å²) in [6, 6.07) is 6.81. The maximum atomic E-state index is 11.7. The number of Topliss-reactive ketones (excluding diaryl/α,β-unsaturated/α-hetero) is 1. The molecule has 0 atom stereocenters. The predicted molar refractivity (Wildman–Crippen MR) is 71.8 cm³/mol. The lowest BCUT2D eigenvalue weighted by Gasteiger charge is -2.03. The van der Waals surface area contributed by atoms with Crippen LogP contribution in [0.4, 0.5) is 0 Å². The Kier molecular flexibility index (Phi) is 5.77. The van der Waals surface area contributed by atoms with Crippen molar-refractivity contribution in [3.63, 3.8) is 0 Å². The van der Waals surface area contributed by atoms with Crippen molar-refractivity contribution >= 4 is 23.5 Å². The van der Waals surface area contributed by atoms with Crippen LogP contribution in [-0.4, -0.2) is 30.2 Å². The predicted octanol–water partition coefficient (Wildman–Crippen LogP) is 2.37. The molecule has 0 spiro atoms. The fourth-order valence-electron chi connectivity index (χ4n) is 1.41. The molecule has 3 nitrogen and oxygen atoms in total. The zero-order valence-electron chi connectivity index (χ0n) is 10.2. The van der Waals surface area contributed by atoms with Crippen molar-refractivity contribution in [3.05, 3.63) is 35.4 Å². The van der Waals surface area contributed by atoms with Gasteiger partial charge in [-0.25, -0.2) is 0 Å². The van der Waals surface area contributed by atoms with Crippen LogP contribution in [0, 0.1) is 0 Å². The summed E-state index contributed by atoms with van der Waals surface area (Å²) in [6.45, 7) is 2.48. The zero-order chi connectivity index (χ0) is 12.7. The molecule has 1 rings (SSSR count). The second-order valence-corrected chi connectivity index (χ2v) is 4.59. The number of hydrogen-bond acceptors (Lipinski definition) is 3. The Hall–Kier alpha value is -1.29. The molecule has 0 aliphatic heterocycles. The van der Waals surface area contributed by atoms with Crippen LogP contribution in [0.2, 0.25) is 0 Å². The lowest BCUT2D eigenvalue weighted by Crippen LogP contribution is -2.22. The van der Waals surface area contributed by atoms with Gasteiger partial charge in [-0.3, -0.25) is 9.59 Å². The molecule has 1 aromatic carbocycles. The molecule has 0 radical (unpaired) electrons. The number of amides is 1. The summed E-state index contributed by atoms with van der Waals surface area (Å²) in [6.07, 6.45) is 2.52. The first kappa shape index (κ1) is 13.8. The molecule has 0 saturated carbocycles. The van der Waals surface area contributed by atoms with Crippen LogP contribution in [0.3, 0.4) is 0 Å². The summed E-state index contributed by atoms with van der Waals surface area (Å²) in [5, 5.41) is 2.72. The summed E-state index contributed by atoms with van der Waals surface area (Å²) >= 11 is 1.65. The van der Waals surface area contributed by atoms with Crippen LogP contribution in [0.1, 0.15) is 34.1 Å². The summed E-state index contributed by atoms with van der Waals surface area (Å²) < 4.78 is 0. The number of ketones is 1. The molecular formula is C13H17NO2S. The number of benzene rings is 1. The lowest BCUT2D eigenvalue weighted by atomic mass is 10.1. The molecule has 1 N–H and O–H groups in total. The van der Waals surface area contributed by atoms with Crippen molar-refractivity contribution in [1.29, 1.82) is 0 Å². The highest BCUT2D eigenvalue weighted by Gasteiger charge is 2.07. The van der Waals surface area contributed by atoms with Gasteiger partial charge in [-0.15, -0.1) is 0 Å². The maximum absolute atomic E-state index is 11.7. The average molecular weight is 251 g/mol. The number of nitrogens with one attached hydrogen (secondary N) is 1. The Bertz CT molecular complexity index is 387. The Morgan fingerprint density at radius 2 is 1.76 bits per heavy atom. The average Bonchev–Trinajstić information content (AvgIpc) is 2.36. The van der Waals surface area contributed by atoms with E-state index in [2.05, 4.69) is 5.32 Å². The molecule has 4 heteroatoms. The number of hydrogen-bond donors (Lipinski definition) is 1.